The molecule has 1 aliphatic heterocycles. The summed E-state index contributed by atoms with van der Waals surface area (Å²) in [5.41, 5.74) is 0. The normalized spacial score (nSPS) is 23.1. The van der Waals surface area contributed by atoms with Crippen LogP contribution in [0.1, 0.15) is 20.3 Å². The standard InChI is InChI=1S/C11H22N2O2/c1-4-15-11(14)9(2)8-13(3)10-5-6-12-7-10/h9-10,12H,4-8H2,1-3H3. The Hall–Kier alpha value is -0.610. The molecule has 88 valence electrons. The van der Waals surface area contributed by atoms with E-state index < -0.39 is 0 Å². The molecule has 2 atom stereocenters. The summed E-state index contributed by atoms with van der Waals surface area (Å²) in [6.07, 6.45) is 1.17. The fourth-order valence-corrected chi connectivity index (χ4v) is 1.96. The van der Waals surface area contributed by atoms with Crippen molar-refractivity contribution >= 4 is 5.97 Å². The first kappa shape index (κ1) is 12.5. The van der Waals surface area contributed by atoms with E-state index in [4.69, 9.17) is 4.74 Å². The molecule has 0 aliphatic carbocycles. The summed E-state index contributed by atoms with van der Waals surface area (Å²) in [5, 5.41) is 3.32. The molecular weight excluding hydrogens is 192 g/mol. The highest BCUT2D eigenvalue weighted by molar-refractivity contribution is 5.72. The van der Waals surface area contributed by atoms with Crippen molar-refractivity contribution in [3.05, 3.63) is 0 Å². The predicted octanol–water partition coefficient (Wildman–Crippen LogP) is 0.479. The number of carbonyl (C=O) groups is 1. The molecule has 1 rings (SSSR count). The van der Waals surface area contributed by atoms with Crippen molar-refractivity contribution in [2.45, 2.75) is 26.3 Å². The molecule has 15 heavy (non-hydrogen) atoms. The van der Waals surface area contributed by atoms with E-state index in [1.165, 1.54) is 6.42 Å². The first-order valence-corrected chi connectivity index (χ1v) is 5.72. The molecule has 0 radical (unpaired) electrons. The number of ether oxygens (including phenoxy) is 1. The van der Waals surface area contributed by atoms with Crippen molar-refractivity contribution in [1.29, 1.82) is 0 Å². The fourth-order valence-electron chi connectivity index (χ4n) is 1.96. The van der Waals surface area contributed by atoms with Gasteiger partial charge >= 0.3 is 5.97 Å². The van der Waals surface area contributed by atoms with Gasteiger partial charge in [-0.25, -0.2) is 0 Å². The lowest BCUT2D eigenvalue weighted by Crippen LogP contribution is -2.38. The molecule has 0 amide bonds. The highest BCUT2D eigenvalue weighted by Crippen LogP contribution is 2.09. The molecule has 0 saturated carbocycles. The molecule has 1 saturated heterocycles. The lowest BCUT2D eigenvalue weighted by molar-refractivity contribution is -0.148. The first-order valence-electron chi connectivity index (χ1n) is 5.72. The van der Waals surface area contributed by atoms with E-state index in [0.717, 1.165) is 19.6 Å². The Bertz CT molecular complexity index is 203. The van der Waals surface area contributed by atoms with E-state index in [-0.39, 0.29) is 11.9 Å². The van der Waals surface area contributed by atoms with Crippen LogP contribution >= 0.6 is 0 Å². The Morgan fingerprint density at radius 2 is 2.40 bits per heavy atom. The summed E-state index contributed by atoms with van der Waals surface area (Å²) in [7, 11) is 2.08. The third kappa shape index (κ3) is 3.80. The highest BCUT2D eigenvalue weighted by Gasteiger charge is 2.23. The van der Waals surface area contributed by atoms with Gasteiger partial charge in [0.2, 0.25) is 0 Å². The second-order valence-corrected chi connectivity index (χ2v) is 4.24. The molecule has 1 fully saturated rings. The average Bonchev–Trinajstić information content (AvgIpc) is 2.70. The molecule has 1 aliphatic rings. The van der Waals surface area contributed by atoms with Gasteiger partial charge < -0.3 is 15.0 Å². The monoisotopic (exact) mass is 214 g/mol. The third-order valence-electron chi connectivity index (χ3n) is 2.91. The van der Waals surface area contributed by atoms with Gasteiger partial charge in [0.25, 0.3) is 0 Å². The summed E-state index contributed by atoms with van der Waals surface area (Å²) in [4.78, 5) is 13.7. The quantitative estimate of drug-likeness (QED) is 0.676. The number of hydrogen-bond donors (Lipinski definition) is 1. The van der Waals surface area contributed by atoms with E-state index in [9.17, 15) is 4.79 Å². The second-order valence-electron chi connectivity index (χ2n) is 4.24. The van der Waals surface area contributed by atoms with Gasteiger partial charge in [-0.3, -0.25) is 4.79 Å². The molecule has 1 heterocycles. The van der Waals surface area contributed by atoms with Crippen LogP contribution in [0.25, 0.3) is 0 Å². The van der Waals surface area contributed by atoms with Crippen molar-refractivity contribution in [2.24, 2.45) is 5.92 Å². The molecule has 2 unspecified atom stereocenters. The number of rotatable bonds is 5. The largest absolute Gasteiger partial charge is 0.466 e. The minimum Gasteiger partial charge on any atom is -0.466 e. The Morgan fingerprint density at radius 1 is 1.67 bits per heavy atom. The van der Waals surface area contributed by atoms with Gasteiger partial charge in [-0.15, -0.1) is 0 Å². The molecule has 0 aromatic rings. The zero-order chi connectivity index (χ0) is 11.3. The number of nitrogens with zero attached hydrogens (tertiary/aromatic N) is 1. The zero-order valence-corrected chi connectivity index (χ0v) is 9.95. The van der Waals surface area contributed by atoms with Crippen LogP contribution < -0.4 is 5.32 Å². The van der Waals surface area contributed by atoms with Gasteiger partial charge in [0, 0.05) is 19.1 Å². The summed E-state index contributed by atoms with van der Waals surface area (Å²) in [6, 6.07) is 0.571. The van der Waals surface area contributed by atoms with Crippen LogP contribution in [0.4, 0.5) is 0 Å². The van der Waals surface area contributed by atoms with Crippen LogP contribution in [0.15, 0.2) is 0 Å². The smallest absolute Gasteiger partial charge is 0.309 e. The fraction of sp³-hybridized carbons (Fsp3) is 0.909. The third-order valence-corrected chi connectivity index (χ3v) is 2.91. The van der Waals surface area contributed by atoms with Crippen molar-refractivity contribution in [2.75, 3.05) is 33.3 Å². The van der Waals surface area contributed by atoms with E-state index >= 15 is 0 Å². The van der Waals surface area contributed by atoms with Crippen LogP contribution in [0.2, 0.25) is 0 Å². The lowest BCUT2D eigenvalue weighted by Gasteiger charge is -2.25. The number of hydrogen-bond acceptors (Lipinski definition) is 4. The lowest BCUT2D eigenvalue weighted by atomic mass is 10.1. The van der Waals surface area contributed by atoms with E-state index in [1.54, 1.807) is 0 Å². The predicted molar refractivity (Wildman–Crippen MR) is 59.7 cm³/mol. The molecule has 0 bridgehead atoms. The SMILES string of the molecule is CCOC(=O)C(C)CN(C)C1CCNC1. The maximum atomic E-state index is 11.4. The van der Waals surface area contributed by atoms with Gasteiger partial charge in [-0.05, 0) is 26.9 Å². The molecule has 0 spiro atoms. The summed E-state index contributed by atoms with van der Waals surface area (Å²) in [5.74, 6) is -0.120. The van der Waals surface area contributed by atoms with E-state index in [0.29, 0.717) is 12.6 Å². The van der Waals surface area contributed by atoms with E-state index in [2.05, 4.69) is 17.3 Å². The van der Waals surface area contributed by atoms with Crippen molar-refractivity contribution < 1.29 is 9.53 Å². The molecule has 0 aromatic carbocycles. The molecule has 4 heteroatoms. The van der Waals surface area contributed by atoms with Crippen LogP contribution in [0.3, 0.4) is 0 Å². The summed E-state index contributed by atoms with van der Waals surface area (Å²) < 4.78 is 4.99. The van der Waals surface area contributed by atoms with Crippen molar-refractivity contribution in [3.63, 3.8) is 0 Å². The van der Waals surface area contributed by atoms with Crippen LogP contribution in [0.5, 0.6) is 0 Å². The minimum atomic E-state index is -0.0877. The Labute approximate surface area is 92.0 Å². The molecule has 1 N–H and O–H groups in total. The minimum absolute atomic E-state index is 0.0319. The van der Waals surface area contributed by atoms with E-state index in [1.807, 2.05) is 13.8 Å². The van der Waals surface area contributed by atoms with Crippen LogP contribution in [-0.4, -0.2) is 50.2 Å². The molecule has 4 nitrogen and oxygen atoms in total. The number of likely N-dealkylation sites (N-methyl/N-ethyl adjacent to an activating group) is 1. The van der Waals surface area contributed by atoms with Crippen LogP contribution in [0, 0.1) is 5.92 Å². The number of carbonyl (C=O) groups excluding carboxylic acids is 1. The van der Waals surface area contributed by atoms with Crippen molar-refractivity contribution in [1.82, 2.24) is 10.2 Å². The summed E-state index contributed by atoms with van der Waals surface area (Å²) >= 11 is 0. The Morgan fingerprint density at radius 3 is 2.93 bits per heavy atom. The summed E-state index contributed by atoms with van der Waals surface area (Å²) in [6.45, 7) is 7.14. The number of nitrogens with one attached hydrogen (secondary N) is 1. The molecule has 0 aromatic heterocycles. The maximum Gasteiger partial charge on any atom is 0.309 e. The second kappa shape index (κ2) is 6.08. The average molecular weight is 214 g/mol. The maximum absolute atomic E-state index is 11.4. The Kier molecular flexibility index (Phi) is 5.05. The topological polar surface area (TPSA) is 41.6 Å². The number of esters is 1. The Balaban J connectivity index is 2.29. The highest BCUT2D eigenvalue weighted by atomic mass is 16.5. The van der Waals surface area contributed by atoms with Gasteiger partial charge in [0.1, 0.15) is 0 Å². The first-order chi connectivity index (χ1) is 7.15. The van der Waals surface area contributed by atoms with Gasteiger partial charge in [0.05, 0.1) is 12.5 Å². The van der Waals surface area contributed by atoms with Crippen molar-refractivity contribution in [3.8, 4) is 0 Å². The van der Waals surface area contributed by atoms with Gasteiger partial charge in [-0.2, -0.15) is 0 Å². The van der Waals surface area contributed by atoms with Crippen LogP contribution in [-0.2, 0) is 9.53 Å². The van der Waals surface area contributed by atoms with Gasteiger partial charge in [-0.1, -0.05) is 6.92 Å². The molecular formula is C11H22N2O2. The zero-order valence-electron chi connectivity index (χ0n) is 9.95. The van der Waals surface area contributed by atoms with Gasteiger partial charge in [0.15, 0.2) is 0 Å².